The van der Waals surface area contributed by atoms with Crippen LogP contribution in [-0.2, 0) is 61.2 Å². The molecular formula is C71H131O24P. The molecule has 24 nitrogen and oxygen atoms in total. The highest BCUT2D eigenvalue weighted by Gasteiger charge is 2.58. The number of rotatable bonds is 58. The second-order valence-electron chi connectivity index (χ2n) is 27.0. The molecule has 0 aromatic heterocycles. The first-order chi connectivity index (χ1) is 46.3. The van der Waals surface area contributed by atoms with Crippen LogP contribution >= 0.6 is 7.82 Å². The van der Waals surface area contributed by atoms with Crippen molar-refractivity contribution in [3.05, 3.63) is 12.2 Å². The van der Waals surface area contributed by atoms with E-state index in [-0.39, 0.29) is 19.3 Å². The maximum atomic E-state index is 14.3. The number of phosphoric acid groups is 1. The molecule has 2 saturated heterocycles. The molecule has 3 aliphatic rings. The van der Waals surface area contributed by atoms with Crippen molar-refractivity contribution in [2.24, 2.45) is 0 Å². The first kappa shape index (κ1) is 87.9. The lowest BCUT2D eigenvalue weighted by Crippen LogP contribution is -2.69. The normalized spacial score (nSPS) is 28.0. The number of aliphatic hydroxyl groups excluding tert-OH is 10. The molecule has 0 amide bonds. The molecule has 2 heterocycles. The molecule has 0 aromatic rings. The van der Waals surface area contributed by atoms with Crippen LogP contribution in [-0.4, -0.2) is 204 Å². The fourth-order valence-corrected chi connectivity index (χ4v) is 13.4. The van der Waals surface area contributed by atoms with Crippen LogP contribution < -0.4 is 0 Å². The number of allylic oxidation sites excluding steroid dienone is 2. The zero-order chi connectivity index (χ0) is 70.4. The number of aliphatic hydroxyl groups is 10. The van der Waals surface area contributed by atoms with Gasteiger partial charge in [0.05, 0.1) is 13.2 Å². The minimum absolute atomic E-state index is 0.0319. The smallest absolute Gasteiger partial charge is 0.463 e. The van der Waals surface area contributed by atoms with Gasteiger partial charge in [0.25, 0.3) is 0 Å². The quantitative estimate of drug-likeness (QED) is 0.00886. The van der Waals surface area contributed by atoms with Crippen LogP contribution in [0.5, 0.6) is 0 Å². The van der Waals surface area contributed by atoms with E-state index < -0.39 is 156 Å². The lowest BCUT2D eigenvalue weighted by atomic mass is 9.84. The predicted octanol–water partition coefficient (Wildman–Crippen LogP) is 9.96. The Morgan fingerprint density at radius 1 is 0.396 bits per heavy atom. The van der Waals surface area contributed by atoms with E-state index in [1.165, 1.54) is 116 Å². The zero-order valence-corrected chi connectivity index (χ0v) is 59.6. The predicted molar refractivity (Wildman–Crippen MR) is 361 cm³/mol. The molecule has 0 bridgehead atoms. The van der Waals surface area contributed by atoms with Crippen LogP contribution in [0.4, 0.5) is 0 Å². The van der Waals surface area contributed by atoms with Crippen molar-refractivity contribution in [2.45, 2.75) is 395 Å². The Morgan fingerprint density at radius 3 is 1.14 bits per heavy atom. The number of hydrogen-bond donors (Lipinski definition) is 11. The summed E-state index contributed by atoms with van der Waals surface area (Å²) < 4.78 is 65.0. The van der Waals surface area contributed by atoms with Gasteiger partial charge in [-0.15, -0.1) is 0 Å². The van der Waals surface area contributed by atoms with Crippen LogP contribution in [0.3, 0.4) is 0 Å². The first-order valence-electron chi connectivity index (χ1n) is 37.5. The first-order valence-corrected chi connectivity index (χ1v) is 39.0. The molecule has 18 atom stereocenters. The van der Waals surface area contributed by atoms with Crippen molar-refractivity contribution in [1.29, 1.82) is 0 Å². The SMILES string of the molecule is CCCCCC/C=C\CCCCCCCCCC(=O)OCC(COP(=O)(O)OC1C(OC2OC(CO)C(O)C(O)C2O)C(O)C(O)C(O)C1OC1OC(COC(=O)CCCCCCCCCCCCCC)C(O)C(O)C1O)OC(=O)CCCCCCCCCCCCCCCC. The maximum absolute atomic E-state index is 14.3. The van der Waals surface area contributed by atoms with Gasteiger partial charge in [-0.3, -0.25) is 23.4 Å². The van der Waals surface area contributed by atoms with Gasteiger partial charge in [0, 0.05) is 19.3 Å². The second-order valence-corrected chi connectivity index (χ2v) is 28.4. The molecule has 3 rings (SSSR count). The molecule has 2 aliphatic heterocycles. The molecule has 564 valence electrons. The number of carbonyl (C=O) groups is 3. The average molecular weight is 1400 g/mol. The molecular weight excluding hydrogens is 1270 g/mol. The van der Waals surface area contributed by atoms with E-state index in [0.29, 0.717) is 19.3 Å². The van der Waals surface area contributed by atoms with Gasteiger partial charge in [-0.25, -0.2) is 4.57 Å². The number of hydrogen-bond acceptors (Lipinski definition) is 23. The van der Waals surface area contributed by atoms with E-state index in [2.05, 4.69) is 32.9 Å². The van der Waals surface area contributed by atoms with Crippen molar-refractivity contribution in [2.75, 3.05) is 26.4 Å². The summed E-state index contributed by atoms with van der Waals surface area (Å²) in [7, 11) is -5.69. The molecule has 0 aromatic carbocycles. The number of phosphoric ester groups is 1. The third kappa shape index (κ3) is 36.5. The highest BCUT2D eigenvalue weighted by Crippen LogP contribution is 2.49. The summed E-state index contributed by atoms with van der Waals surface area (Å²) in [6.07, 6.45) is 11.4. The molecule has 96 heavy (non-hydrogen) atoms. The Morgan fingerprint density at radius 2 is 0.729 bits per heavy atom. The summed E-state index contributed by atoms with van der Waals surface area (Å²) >= 11 is 0. The van der Waals surface area contributed by atoms with Crippen LogP contribution in [0.1, 0.15) is 290 Å². The molecule has 25 heteroatoms. The average Bonchev–Trinajstić information content (AvgIpc) is 0.768. The highest BCUT2D eigenvalue weighted by molar-refractivity contribution is 7.47. The number of esters is 3. The Balaban J connectivity index is 1.74. The Labute approximate surface area is 573 Å². The van der Waals surface area contributed by atoms with E-state index >= 15 is 0 Å². The third-order valence-electron chi connectivity index (χ3n) is 18.5. The minimum Gasteiger partial charge on any atom is -0.463 e. The van der Waals surface area contributed by atoms with E-state index in [0.717, 1.165) is 116 Å². The van der Waals surface area contributed by atoms with Gasteiger partial charge in [0.1, 0.15) is 98.7 Å². The van der Waals surface area contributed by atoms with Crippen molar-refractivity contribution < 1.29 is 117 Å². The Hall–Kier alpha value is -2.30. The van der Waals surface area contributed by atoms with Gasteiger partial charge in [-0.1, -0.05) is 238 Å². The molecule has 11 N–H and O–H groups in total. The van der Waals surface area contributed by atoms with Crippen LogP contribution in [0.2, 0.25) is 0 Å². The number of ether oxygens (including phenoxy) is 7. The van der Waals surface area contributed by atoms with Crippen molar-refractivity contribution in [3.8, 4) is 0 Å². The van der Waals surface area contributed by atoms with Crippen molar-refractivity contribution in [1.82, 2.24) is 0 Å². The molecule has 3 fully saturated rings. The topological polar surface area (TPSA) is 374 Å². The third-order valence-corrected chi connectivity index (χ3v) is 19.5. The Bertz CT molecular complexity index is 2040. The zero-order valence-electron chi connectivity index (χ0n) is 58.7. The van der Waals surface area contributed by atoms with Crippen LogP contribution in [0, 0.1) is 0 Å². The standard InChI is InChI=1S/C71H131O24P/c1-4-7-10-13-16-19-22-25-27-29-31-34-36-39-42-45-55(73)87-49-52(90-57(75)47-44-41-38-35-32-28-26-23-20-17-14-11-8-5-2)50-89-96(85,86)95-69-67(93-70-65(83)60(78)58(76)53(48-72)91-70)63(81)62(80)64(82)68(69)94-71-66(84)61(79)59(77)54(92-71)51-88-56(74)46-43-40-37-33-30-24-21-18-15-12-9-6-3/h19,22,52-54,58-72,76-84H,4-18,20-21,23-51H2,1-3H3,(H,85,86)/b22-19-. The summed E-state index contributed by atoms with van der Waals surface area (Å²) in [6, 6.07) is 0. The lowest BCUT2D eigenvalue weighted by Gasteiger charge is -2.49. The van der Waals surface area contributed by atoms with Gasteiger partial charge < -0.3 is 89.1 Å². The summed E-state index contributed by atoms with van der Waals surface area (Å²) in [5.74, 6) is -1.99. The van der Waals surface area contributed by atoms with Gasteiger partial charge >= 0.3 is 25.7 Å². The van der Waals surface area contributed by atoms with E-state index in [1.54, 1.807) is 0 Å². The summed E-state index contributed by atoms with van der Waals surface area (Å²) in [5.41, 5.74) is 0. The summed E-state index contributed by atoms with van der Waals surface area (Å²) in [5, 5.41) is 110. The molecule has 0 spiro atoms. The summed E-state index contributed by atoms with van der Waals surface area (Å²) in [4.78, 5) is 50.9. The highest BCUT2D eigenvalue weighted by atomic mass is 31.2. The second kappa shape index (κ2) is 53.5. The van der Waals surface area contributed by atoms with Gasteiger partial charge in [0.2, 0.25) is 0 Å². The molecule has 0 radical (unpaired) electrons. The van der Waals surface area contributed by atoms with Crippen LogP contribution in [0.25, 0.3) is 0 Å². The molecule has 18 unspecified atom stereocenters. The van der Waals surface area contributed by atoms with Gasteiger partial charge in [0.15, 0.2) is 18.7 Å². The fourth-order valence-electron chi connectivity index (χ4n) is 12.4. The number of carbonyl (C=O) groups excluding carboxylic acids is 3. The van der Waals surface area contributed by atoms with E-state index in [1.807, 2.05) is 0 Å². The number of unbranched alkanes of at least 4 members (excludes halogenated alkanes) is 35. The van der Waals surface area contributed by atoms with E-state index in [4.69, 9.17) is 42.2 Å². The fraction of sp³-hybridized carbons (Fsp3) is 0.930. The molecule has 1 aliphatic carbocycles. The van der Waals surface area contributed by atoms with Gasteiger partial charge in [-0.2, -0.15) is 0 Å². The van der Waals surface area contributed by atoms with Crippen molar-refractivity contribution >= 4 is 25.7 Å². The minimum atomic E-state index is -5.69. The monoisotopic (exact) mass is 1400 g/mol. The lowest BCUT2D eigenvalue weighted by molar-refractivity contribution is -0.360. The summed E-state index contributed by atoms with van der Waals surface area (Å²) in [6.45, 7) is 3.43. The Kier molecular flexibility index (Phi) is 49.0. The van der Waals surface area contributed by atoms with Crippen molar-refractivity contribution in [3.63, 3.8) is 0 Å². The van der Waals surface area contributed by atoms with Crippen LogP contribution in [0.15, 0.2) is 12.2 Å². The van der Waals surface area contributed by atoms with Gasteiger partial charge in [-0.05, 0) is 44.9 Å². The van der Waals surface area contributed by atoms with E-state index in [9.17, 15) is 74.9 Å². The molecule has 1 saturated carbocycles. The maximum Gasteiger partial charge on any atom is 0.472 e. The largest absolute Gasteiger partial charge is 0.472 e.